The van der Waals surface area contributed by atoms with Crippen LogP contribution in [0.3, 0.4) is 0 Å². The quantitative estimate of drug-likeness (QED) is 0.679. The first-order chi connectivity index (χ1) is 9.65. The molecule has 1 aliphatic rings. The Kier molecular flexibility index (Phi) is 4.22. The summed E-state index contributed by atoms with van der Waals surface area (Å²) in [6, 6.07) is 7.33. The molecule has 0 radical (unpaired) electrons. The van der Waals surface area contributed by atoms with Crippen molar-refractivity contribution in [1.82, 2.24) is 0 Å². The van der Waals surface area contributed by atoms with Crippen molar-refractivity contribution in [3.05, 3.63) is 29.8 Å². The molecule has 0 bridgehead atoms. The fourth-order valence-corrected chi connectivity index (χ4v) is 2.54. The van der Waals surface area contributed by atoms with E-state index >= 15 is 0 Å². The maximum Gasteiger partial charge on any atom is 0.315 e. The van der Waals surface area contributed by atoms with Crippen molar-refractivity contribution in [3.8, 4) is 0 Å². The van der Waals surface area contributed by atoms with Crippen LogP contribution in [-0.4, -0.2) is 22.3 Å². The van der Waals surface area contributed by atoms with E-state index in [1.807, 2.05) is 19.1 Å². The molecule has 1 fully saturated rings. The van der Waals surface area contributed by atoms with Crippen LogP contribution in [0.25, 0.3) is 0 Å². The Bertz CT molecular complexity index is 571. The third kappa shape index (κ3) is 3.33. The molecule has 0 spiro atoms. The van der Waals surface area contributed by atoms with Gasteiger partial charge in [0, 0.05) is 12.1 Å². The summed E-state index contributed by atoms with van der Waals surface area (Å²) in [7, 11) is 0. The Morgan fingerprint density at radius 2 is 1.81 bits per heavy atom. The Balaban J connectivity index is 1.91. The van der Waals surface area contributed by atoms with Crippen molar-refractivity contribution in [1.29, 1.82) is 0 Å². The average molecular weight is 330 g/mol. The molecule has 1 amide bonds. The second kappa shape index (κ2) is 5.50. The van der Waals surface area contributed by atoms with Crippen LogP contribution < -0.4 is 5.32 Å². The molecule has 0 aliphatic heterocycles. The lowest BCUT2D eigenvalue weighted by Gasteiger charge is -2.17. The number of rotatable bonds is 4. The molecule has 0 heterocycles. The van der Waals surface area contributed by atoms with E-state index in [0.717, 1.165) is 5.56 Å². The van der Waals surface area contributed by atoms with Gasteiger partial charge in [-0.25, -0.2) is 0 Å². The number of anilines is 1. The number of esters is 1. The number of halogens is 2. The molecule has 0 aromatic heterocycles. The van der Waals surface area contributed by atoms with Crippen molar-refractivity contribution in [3.63, 3.8) is 0 Å². The molecular formula is C15H17Cl2NO3. The molecule has 1 aromatic rings. The van der Waals surface area contributed by atoms with Crippen molar-refractivity contribution in [2.75, 3.05) is 5.32 Å². The Hall–Kier alpha value is -1.26. The molecule has 1 aliphatic carbocycles. The standard InChI is InChI=1S/C15H17Cl2NO3/c1-9-4-6-11(7-5-9)18-12(19)10(2)21-13(20)14(3)8-15(14,16)17/h4-7,10H,8H2,1-3H3,(H,18,19)/t10-,14-/m0/s1. The van der Waals surface area contributed by atoms with Crippen LogP contribution >= 0.6 is 23.2 Å². The highest BCUT2D eigenvalue weighted by atomic mass is 35.5. The predicted molar refractivity (Wildman–Crippen MR) is 82.5 cm³/mol. The molecule has 0 unspecified atom stereocenters. The normalized spacial score (nSPS) is 24.0. The van der Waals surface area contributed by atoms with Crippen LogP contribution in [-0.2, 0) is 14.3 Å². The SMILES string of the molecule is Cc1ccc(NC(=O)[C@H](C)OC(=O)[C@]2(C)CC2(Cl)Cl)cc1. The first-order valence-corrected chi connectivity index (χ1v) is 7.38. The van der Waals surface area contributed by atoms with Crippen molar-refractivity contribution in [2.45, 2.75) is 37.6 Å². The van der Waals surface area contributed by atoms with Crippen LogP contribution in [0.4, 0.5) is 5.69 Å². The van der Waals surface area contributed by atoms with E-state index in [1.54, 1.807) is 19.1 Å². The first-order valence-electron chi connectivity index (χ1n) is 6.62. The van der Waals surface area contributed by atoms with Gasteiger partial charge >= 0.3 is 5.97 Å². The molecule has 4 nitrogen and oxygen atoms in total. The number of nitrogens with one attached hydrogen (secondary N) is 1. The summed E-state index contributed by atoms with van der Waals surface area (Å²) < 4.78 is 4.05. The van der Waals surface area contributed by atoms with Crippen LogP contribution in [0, 0.1) is 12.3 Å². The lowest BCUT2D eigenvalue weighted by atomic mass is 10.1. The minimum absolute atomic E-state index is 0.328. The summed E-state index contributed by atoms with van der Waals surface area (Å²) in [5.74, 6) is -0.953. The average Bonchev–Trinajstić information content (AvgIpc) is 2.92. The minimum Gasteiger partial charge on any atom is -0.452 e. The number of carbonyl (C=O) groups excluding carboxylic acids is 2. The molecule has 1 aromatic carbocycles. The first kappa shape index (κ1) is 16.1. The molecule has 1 N–H and O–H groups in total. The van der Waals surface area contributed by atoms with E-state index in [9.17, 15) is 9.59 Å². The van der Waals surface area contributed by atoms with E-state index < -0.39 is 27.7 Å². The van der Waals surface area contributed by atoms with Gasteiger partial charge in [-0.2, -0.15) is 0 Å². The Morgan fingerprint density at radius 3 is 2.29 bits per heavy atom. The highest BCUT2D eigenvalue weighted by molar-refractivity contribution is 6.53. The lowest BCUT2D eigenvalue weighted by molar-refractivity contribution is -0.158. The largest absolute Gasteiger partial charge is 0.452 e. The maximum absolute atomic E-state index is 12.0. The minimum atomic E-state index is -1.10. The molecule has 2 rings (SSSR count). The van der Waals surface area contributed by atoms with Gasteiger partial charge in [0.25, 0.3) is 5.91 Å². The monoisotopic (exact) mass is 329 g/mol. The van der Waals surface area contributed by atoms with E-state index in [2.05, 4.69) is 5.32 Å². The van der Waals surface area contributed by atoms with E-state index in [1.165, 1.54) is 6.92 Å². The summed E-state index contributed by atoms with van der Waals surface area (Å²) in [6.07, 6.45) is -0.589. The topological polar surface area (TPSA) is 55.4 Å². The molecule has 1 saturated carbocycles. The summed E-state index contributed by atoms with van der Waals surface area (Å²) in [5.41, 5.74) is 0.805. The summed E-state index contributed by atoms with van der Waals surface area (Å²) in [4.78, 5) is 24.0. The van der Waals surface area contributed by atoms with Gasteiger partial charge in [-0.15, -0.1) is 23.2 Å². The number of hydrogen-bond donors (Lipinski definition) is 1. The van der Waals surface area contributed by atoms with Crippen LogP contribution in [0.2, 0.25) is 0 Å². The highest BCUT2D eigenvalue weighted by Gasteiger charge is 2.69. The number of aryl methyl sites for hydroxylation is 1. The van der Waals surface area contributed by atoms with E-state index in [0.29, 0.717) is 12.1 Å². The van der Waals surface area contributed by atoms with Gasteiger partial charge in [-0.3, -0.25) is 9.59 Å². The lowest BCUT2D eigenvalue weighted by Crippen LogP contribution is -2.33. The smallest absolute Gasteiger partial charge is 0.315 e. The van der Waals surface area contributed by atoms with E-state index in [4.69, 9.17) is 27.9 Å². The van der Waals surface area contributed by atoms with Crippen LogP contribution in [0.15, 0.2) is 24.3 Å². The fraction of sp³-hybridized carbons (Fsp3) is 0.467. The van der Waals surface area contributed by atoms with E-state index in [-0.39, 0.29) is 0 Å². The van der Waals surface area contributed by atoms with Crippen LogP contribution in [0.1, 0.15) is 25.8 Å². The zero-order valence-electron chi connectivity index (χ0n) is 12.1. The van der Waals surface area contributed by atoms with Gasteiger partial charge in [0.2, 0.25) is 0 Å². The number of benzene rings is 1. The molecular weight excluding hydrogens is 313 g/mol. The number of hydrogen-bond acceptors (Lipinski definition) is 3. The maximum atomic E-state index is 12.0. The summed E-state index contributed by atoms with van der Waals surface area (Å²) in [5, 5.41) is 2.68. The number of carbonyl (C=O) groups is 2. The zero-order valence-corrected chi connectivity index (χ0v) is 13.6. The van der Waals surface area contributed by atoms with Crippen molar-refractivity contribution in [2.24, 2.45) is 5.41 Å². The van der Waals surface area contributed by atoms with Gasteiger partial charge in [0.05, 0.1) is 0 Å². The van der Waals surface area contributed by atoms with Crippen molar-refractivity contribution >= 4 is 40.8 Å². The van der Waals surface area contributed by atoms with Gasteiger partial charge in [0.15, 0.2) is 6.10 Å². The second-order valence-electron chi connectivity index (χ2n) is 5.62. The van der Waals surface area contributed by atoms with Crippen molar-refractivity contribution < 1.29 is 14.3 Å². The number of amides is 1. The molecule has 0 saturated heterocycles. The summed E-state index contributed by atoms with van der Waals surface area (Å²) >= 11 is 11.8. The molecule has 2 atom stereocenters. The Morgan fingerprint density at radius 1 is 1.29 bits per heavy atom. The highest BCUT2D eigenvalue weighted by Crippen LogP contribution is 2.64. The third-order valence-electron chi connectivity index (χ3n) is 3.68. The predicted octanol–water partition coefficient (Wildman–Crippen LogP) is 3.45. The second-order valence-corrected chi connectivity index (χ2v) is 7.10. The summed E-state index contributed by atoms with van der Waals surface area (Å²) in [6.45, 7) is 5.09. The molecule has 114 valence electrons. The number of ether oxygens (including phenoxy) is 1. The van der Waals surface area contributed by atoms with Gasteiger partial charge in [-0.05, 0) is 32.9 Å². The fourth-order valence-electron chi connectivity index (χ4n) is 1.85. The third-order valence-corrected chi connectivity index (χ3v) is 4.78. The van der Waals surface area contributed by atoms with Gasteiger partial charge in [-0.1, -0.05) is 17.7 Å². The zero-order chi connectivity index (χ0) is 15.8. The van der Waals surface area contributed by atoms with Crippen LogP contribution in [0.5, 0.6) is 0 Å². The van der Waals surface area contributed by atoms with Gasteiger partial charge in [0.1, 0.15) is 9.75 Å². The molecule has 6 heteroatoms. The number of alkyl halides is 2. The molecule has 21 heavy (non-hydrogen) atoms. The Labute approximate surface area is 133 Å². The van der Waals surface area contributed by atoms with Gasteiger partial charge < -0.3 is 10.1 Å².